The highest BCUT2D eigenvalue weighted by Gasteiger charge is 2.52. The first-order valence-corrected chi connectivity index (χ1v) is 9.20. The molecule has 0 aliphatic heterocycles. The average molecular weight is 296 g/mol. The van der Waals surface area contributed by atoms with E-state index in [1.807, 2.05) is 0 Å². The summed E-state index contributed by atoms with van der Waals surface area (Å²) in [5.74, 6) is 0.818. The third-order valence-electron chi connectivity index (χ3n) is 6.40. The number of nitrogens with one attached hydrogen (secondary N) is 1. The molecular weight excluding hydrogens is 258 g/mol. The van der Waals surface area contributed by atoms with Crippen LogP contribution in [0.1, 0.15) is 80.1 Å². The molecule has 21 heavy (non-hydrogen) atoms. The highest BCUT2D eigenvalue weighted by Crippen LogP contribution is 2.47. The maximum absolute atomic E-state index is 5.96. The average Bonchev–Trinajstić information content (AvgIpc) is 2.44. The standard InChI is InChI=1S/C19H37NO/c1-7-19(6)16(13-17(19)21-8-2)20-15-12-10-9-11-14(15)18(3,4)5/h14-17,20H,7-13H2,1-6H3. The lowest BCUT2D eigenvalue weighted by Gasteiger charge is -2.56. The van der Waals surface area contributed by atoms with E-state index in [0.29, 0.717) is 29.0 Å². The van der Waals surface area contributed by atoms with Crippen molar-refractivity contribution in [2.45, 2.75) is 98.3 Å². The van der Waals surface area contributed by atoms with Crippen molar-refractivity contribution in [3.8, 4) is 0 Å². The smallest absolute Gasteiger partial charge is 0.0658 e. The summed E-state index contributed by atoms with van der Waals surface area (Å²) >= 11 is 0. The van der Waals surface area contributed by atoms with Gasteiger partial charge in [0.15, 0.2) is 0 Å². The van der Waals surface area contributed by atoms with E-state index in [0.717, 1.165) is 12.5 Å². The number of ether oxygens (including phenoxy) is 1. The van der Waals surface area contributed by atoms with Gasteiger partial charge in [0.25, 0.3) is 0 Å². The van der Waals surface area contributed by atoms with Crippen molar-refractivity contribution in [3.05, 3.63) is 0 Å². The Morgan fingerprint density at radius 2 is 1.81 bits per heavy atom. The zero-order chi connectivity index (χ0) is 15.7. The molecule has 5 unspecified atom stereocenters. The van der Waals surface area contributed by atoms with Crippen molar-refractivity contribution in [2.24, 2.45) is 16.7 Å². The first-order valence-electron chi connectivity index (χ1n) is 9.20. The Hall–Kier alpha value is -0.0800. The van der Waals surface area contributed by atoms with Crippen molar-refractivity contribution < 1.29 is 4.74 Å². The molecule has 1 N–H and O–H groups in total. The van der Waals surface area contributed by atoms with Crippen LogP contribution >= 0.6 is 0 Å². The quantitative estimate of drug-likeness (QED) is 0.788. The summed E-state index contributed by atoms with van der Waals surface area (Å²) in [7, 11) is 0. The van der Waals surface area contributed by atoms with Gasteiger partial charge >= 0.3 is 0 Å². The van der Waals surface area contributed by atoms with E-state index in [2.05, 4.69) is 46.9 Å². The summed E-state index contributed by atoms with van der Waals surface area (Å²) in [4.78, 5) is 0. The maximum atomic E-state index is 5.96. The topological polar surface area (TPSA) is 21.3 Å². The van der Waals surface area contributed by atoms with Crippen LogP contribution in [0.5, 0.6) is 0 Å². The molecule has 0 amide bonds. The lowest BCUT2D eigenvalue weighted by atomic mass is 9.60. The number of hydrogen-bond donors (Lipinski definition) is 1. The van der Waals surface area contributed by atoms with Crippen LogP contribution in [0, 0.1) is 16.7 Å². The summed E-state index contributed by atoms with van der Waals surface area (Å²) in [6.45, 7) is 15.0. The van der Waals surface area contributed by atoms with E-state index in [4.69, 9.17) is 4.74 Å². The Morgan fingerprint density at radius 1 is 1.14 bits per heavy atom. The predicted octanol–water partition coefficient (Wildman–Crippen LogP) is 4.77. The van der Waals surface area contributed by atoms with Gasteiger partial charge in [-0.15, -0.1) is 0 Å². The monoisotopic (exact) mass is 295 g/mol. The molecule has 2 nitrogen and oxygen atoms in total. The fourth-order valence-electron chi connectivity index (χ4n) is 4.63. The molecule has 0 bridgehead atoms. The summed E-state index contributed by atoms with van der Waals surface area (Å²) in [6.07, 6.45) is 8.44. The predicted molar refractivity (Wildman–Crippen MR) is 90.6 cm³/mol. The molecule has 0 heterocycles. The van der Waals surface area contributed by atoms with Gasteiger partial charge in [0.05, 0.1) is 6.10 Å². The molecule has 5 atom stereocenters. The fraction of sp³-hybridized carbons (Fsp3) is 1.00. The molecular formula is C19H37NO. The third-order valence-corrected chi connectivity index (χ3v) is 6.40. The molecule has 2 heteroatoms. The summed E-state index contributed by atoms with van der Waals surface area (Å²) in [6, 6.07) is 1.35. The van der Waals surface area contributed by atoms with Gasteiger partial charge in [-0.2, -0.15) is 0 Å². The maximum Gasteiger partial charge on any atom is 0.0658 e. The molecule has 0 aromatic carbocycles. The van der Waals surface area contributed by atoms with Crippen molar-refractivity contribution in [2.75, 3.05) is 6.61 Å². The molecule has 0 saturated heterocycles. The first kappa shape index (κ1) is 17.3. The van der Waals surface area contributed by atoms with Gasteiger partial charge in [-0.3, -0.25) is 0 Å². The van der Waals surface area contributed by atoms with Crippen LogP contribution in [0.2, 0.25) is 0 Å². The van der Waals surface area contributed by atoms with E-state index in [-0.39, 0.29) is 0 Å². The van der Waals surface area contributed by atoms with Gasteiger partial charge in [0.1, 0.15) is 0 Å². The molecule has 2 rings (SSSR count). The van der Waals surface area contributed by atoms with E-state index >= 15 is 0 Å². The van der Waals surface area contributed by atoms with Crippen molar-refractivity contribution >= 4 is 0 Å². The largest absolute Gasteiger partial charge is 0.378 e. The Labute approximate surface area is 132 Å². The van der Waals surface area contributed by atoms with Crippen LogP contribution < -0.4 is 5.32 Å². The van der Waals surface area contributed by atoms with Gasteiger partial charge in [-0.1, -0.05) is 47.5 Å². The second-order valence-corrected chi connectivity index (χ2v) is 8.62. The van der Waals surface area contributed by atoms with Gasteiger partial charge in [-0.05, 0) is 43.9 Å². The Morgan fingerprint density at radius 3 is 2.38 bits per heavy atom. The van der Waals surface area contributed by atoms with Crippen LogP contribution in [0.15, 0.2) is 0 Å². The van der Waals surface area contributed by atoms with Crippen LogP contribution in [0.4, 0.5) is 0 Å². The lowest BCUT2D eigenvalue weighted by molar-refractivity contribution is -0.131. The highest BCUT2D eigenvalue weighted by atomic mass is 16.5. The zero-order valence-corrected chi connectivity index (χ0v) is 15.2. The molecule has 0 aromatic heterocycles. The first-order chi connectivity index (χ1) is 9.82. The highest BCUT2D eigenvalue weighted by molar-refractivity contribution is 5.06. The molecule has 2 saturated carbocycles. The van der Waals surface area contributed by atoms with Crippen molar-refractivity contribution in [3.63, 3.8) is 0 Å². The molecule has 2 fully saturated rings. The number of rotatable bonds is 5. The van der Waals surface area contributed by atoms with E-state index < -0.39 is 0 Å². The minimum atomic E-state index is 0.329. The zero-order valence-electron chi connectivity index (χ0n) is 15.2. The van der Waals surface area contributed by atoms with Gasteiger partial charge < -0.3 is 10.1 Å². The molecule has 2 aliphatic carbocycles. The second-order valence-electron chi connectivity index (χ2n) is 8.62. The van der Waals surface area contributed by atoms with Crippen LogP contribution in [0.25, 0.3) is 0 Å². The normalized spacial score (nSPS) is 40.9. The van der Waals surface area contributed by atoms with Crippen molar-refractivity contribution in [1.29, 1.82) is 0 Å². The van der Waals surface area contributed by atoms with E-state index in [1.165, 1.54) is 38.5 Å². The SMILES string of the molecule is CCOC1CC(NC2CCCCC2C(C)(C)C)C1(C)CC. The van der Waals surface area contributed by atoms with Crippen LogP contribution in [0.3, 0.4) is 0 Å². The van der Waals surface area contributed by atoms with E-state index in [1.54, 1.807) is 0 Å². The van der Waals surface area contributed by atoms with E-state index in [9.17, 15) is 0 Å². The van der Waals surface area contributed by atoms with Gasteiger partial charge in [-0.25, -0.2) is 0 Å². The fourth-order valence-corrected chi connectivity index (χ4v) is 4.63. The summed E-state index contributed by atoms with van der Waals surface area (Å²) in [5.41, 5.74) is 0.750. The minimum absolute atomic E-state index is 0.329. The second kappa shape index (κ2) is 6.58. The Kier molecular flexibility index (Phi) is 5.41. The molecule has 124 valence electrons. The number of hydrogen-bond acceptors (Lipinski definition) is 2. The molecule has 0 radical (unpaired) electrons. The summed E-state index contributed by atoms with van der Waals surface area (Å²) < 4.78 is 5.96. The van der Waals surface area contributed by atoms with Crippen LogP contribution in [-0.4, -0.2) is 24.8 Å². The van der Waals surface area contributed by atoms with Crippen LogP contribution in [-0.2, 0) is 4.74 Å². The molecule has 2 aliphatic rings. The summed E-state index contributed by atoms with van der Waals surface area (Å²) in [5, 5.41) is 4.06. The van der Waals surface area contributed by atoms with Crippen molar-refractivity contribution in [1.82, 2.24) is 5.32 Å². The Bertz CT molecular complexity index is 335. The van der Waals surface area contributed by atoms with Gasteiger partial charge in [0.2, 0.25) is 0 Å². The molecule has 0 spiro atoms. The molecule has 0 aromatic rings. The Balaban J connectivity index is 2.00. The lowest BCUT2D eigenvalue weighted by Crippen LogP contribution is -2.65. The minimum Gasteiger partial charge on any atom is -0.378 e. The third kappa shape index (κ3) is 3.47. The van der Waals surface area contributed by atoms with Gasteiger partial charge in [0, 0.05) is 24.1 Å².